The zero-order valence-electron chi connectivity index (χ0n) is 11.3. The van der Waals surface area contributed by atoms with Gasteiger partial charge in [-0.05, 0) is 25.1 Å². The van der Waals surface area contributed by atoms with Crippen LogP contribution >= 0.6 is 0 Å². The van der Waals surface area contributed by atoms with Crippen molar-refractivity contribution in [1.29, 1.82) is 0 Å². The Kier molecular flexibility index (Phi) is 3.87. The standard InChI is InChI=1S/C13H8F6N2O2/c1-5-9(11(22)23)21-10(20-5)6-2-7(12(14,15)16)4-8(3-6)13(17,18)19/h2-4H,1H3,(H,20,21)(H,22,23). The van der Waals surface area contributed by atoms with Crippen LogP contribution in [-0.2, 0) is 12.4 Å². The number of H-pyrrole nitrogens is 1. The Bertz CT molecular complexity index is 729. The number of aromatic nitrogens is 2. The highest BCUT2D eigenvalue weighted by Gasteiger charge is 2.37. The minimum Gasteiger partial charge on any atom is -0.476 e. The molecule has 1 aromatic heterocycles. The predicted molar refractivity (Wildman–Crippen MR) is 65.7 cm³/mol. The van der Waals surface area contributed by atoms with Gasteiger partial charge in [0.2, 0.25) is 0 Å². The lowest BCUT2D eigenvalue weighted by molar-refractivity contribution is -0.143. The summed E-state index contributed by atoms with van der Waals surface area (Å²) < 4.78 is 76.6. The van der Waals surface area contributed by atoms with E-state index >= 15 is 0 Å². The quantitative estimate of drug-likeness (QED) is 0.810. The Balaban J connectivity index is 2.67. The molecule has 0 saturated heterocycles. The summed E-state index contributed by atoms with van der Waals surface area (Å²) in [6.07, 6.45) is -9.99. The van der Waals surface area contributed by atoms with Crippen molar-refractivity contribution in [3.8, 4) is 11.4 Å². The Morgan fingerprint density at radius 3 is 1.87 bits per heavy atom. The highest BCUT2D eigenvalue weighted by molar-refractivity contribution is 5.87. The lowest BCUT2D eigenvalue weighted by Gasteiger charge is -2.13. The maximum Gasteiger partial charge on any atom is 0.416 e. The van der Waals surface area contributed by atoms with E-state index in [-0.39, 0.29) is 11.8 Å². The average Bonchev–Trinajstić information content (AvgIpc) is 2.78. The highest BCUT2D eigenvalue weighted by atomic mass is 19.4. The van der Waals surface area contributed by atoms with Crippen LogP contribution in [0.5, 0.6) is 0 Å². The van der Waals surface area contributed by atoms with Crippen LogP contribution in [0.4, 0.5) is 26.3 Å². The molecule has 0 bridgehead atoms. The van der Waals surface area contributed by atoms with E-state index in [0.717, 1.165) is 0 Å². The van der Waals surface area contributed by atoms with Crippen molar-refractivity contribution in [3.63, 3.8) is 0 Å². The third kappa shape index (κ3) is 3.46. The lowest BCUT2D eigenvalue weighted by Crippen LogP contribution is -2.11. The summed E-state index contributed by atoms with van der Waals surface area (Å²) in [5.41, 5.74) is -3.99. The van der Waals surface area contributed by atoms with Gasteiger partial charge in [0.05, 0.1) is 11.1 Å². The summed E-state index contributed by atoms with van der Waals surface area (Å²) in [6.45, 7) is 1.29. The molecule has 23 heavy (non-hydrogen) atoms. The average molecular weight is 338 g/mol. The fourth-order valence-corrected chi connectivity index (χ4v) is 1.90. The minimum atomic E-state index is -4.99. The molecule has 0 amide bonds. The van der Waals surface area contributed by atoms with Crippen LogP contribution in [0.2, 0.25) is 0 Å². The molecule has 0 spiro atoms. The van der Waals surface area contributed by atoms with Gasteiger partial charge in [-0.3, -0.25) is 0 Å². The van der Waals surface area contributed by atoms with E-state index in [4.69, 9.17) is 5.11 Å². The fraction of sp³-hybridized carbons (Fsp3) is 0.231. The second-order valence-corrected chi connectivity index (χ2v) is 4.66. The summed E-state index contributed by atoms with van der Waals surface area (Å²) in [5, 5.41) is 8.85. The number of carboxylic acid groups (broad SMARTS) is 1. The number of halogens is 6. The van der Waals surface area contributed by atoms with E-state index in [1.165, 1.54) is 6.92 Å². The Labute approximate surface area is 124 Å². The normalized spacial score (nSPS) is 12.5. The van der Waals surface area contributed by atoms with Gasteiger partial charge in [-0.15, -0.1) is 0 Å². The summed E-state index contributed by atoms with van der Waals surface area (Å²) in [4.78, 5) is 16.8. The van der Waals surface area contributed by atoms with Crippen molar-refractivity contribution in [2.24, 2.45) is 0 Å². The first kappa shape index (κ1) is 16.8. The smallest absolute Gasteiger partial charge is 0.416 e. The van der Waals surface area contributed by atoms with Gasteiger partial charge in [0, 0.05) is 11.3 Å². The number of hydrogen-bond acceptors (Lipinski definition) is 2. The zero-order chi connectivity index (χ0) is 17.6. The Morgan fingerprint density at radius 1 is 1.04 bits per heavy atom. The van der Waals surface area contributed by atoms with Crippen LogP contribution in [0.25, 0.3) is 11.4 Å². The maximum atomic E-state index is 12.8. The lowest BCUT2D eigenvalue weighted by atomic mass is 10.0. The molecule has 0 aliphatic carbocycles. The van der Waals surface area contributed by atoms with Gasteiger partial charge in [-0.1, -0.05) is 0 Å². The number of aromatic carboxylic acids is 1. The number of hydrogen-bond donors (Lipinski definition) is 2. The van der Waals surface area contributed by atoms with Crippen LogP contribution in [0.3, 0.4) is 0 Å². The molecule has 124 valence electrons. The summed E-state index contributed by atoms with van der Waals surface area (Å²) in [5.74, 6) is -1.84. The van der Waals surface area contributed by atoms with Crippen molar-refractivity contribution in [2.75, 3.05) is 0 Å². The molecule has 4 nitrogen and oxygen atoms in total. The second kappa shape index (κ2) is 5.28. The number of carboxylic acids is 1. The van der Waals surface area contributed by atoms with Gasteiger partial charge in [-0.25, -0.2) is 9.78 Å². The third-order valence-electron chi connectivity index (χ3n) is 2.95. The molecular formula is C13H8F6N2O2. The molecule has 10 heteroatoms. The van der Waals surface area contributed by atoms with Crippen molar-refractivity contribution in [3.05, 3.63) is 40.7 Å². The van der Waals surface area contributed by atoms with E-state index < -0.39 is 46.5 Å². The van der Waals surface area contributed by atoms with Crippen molar-refractivity contribution < 1.29 is 36.2 Å². The van der Waals surface area contributed by atoms with Gasteiger partial charge in [0.25, 0.3) is 0 Å². The number of imidazole rings is 1. The predicted octanol–water partition coefficient (Wildman–Crippen LogP) is 4.12. The SMILES string of the molecule is Cc1[nH]c(-c2cc(C(F)(F)F)cc(C(F)(F)F)c2)nc1C(=O)O. The summed E-state index contributed by atoms with van der Waals surface area (Å²) >= 11 is 0. The monoisotopic (exact) mass is 338 g/mol. The van der Waals surface area contributed by atoms with E-state index in [2.05, 4.69) is 9.97 Å². The largest absolute Gasteiger partial charge is 0.476 e. The molecule has 0 unspecified atom stereocenters. The first-order valence-electron chi connectivity index (χ1n) is 5.99. The molecule has 0 fully saturated rings. The van der Waals surface area contributed by atoms with E-state index in [1.807, 2.05) is 0 Å². The van der Waals surface area contributed by atoms with E-state index in [1.54, 1.807) is 0 Å². The van der Waals surface area contributed by atoms with Crippen LogP contribution in [0.1, 0.15) is 27.3 Å². The van der Waals surface area contributed by atoms with E-state index in [0.29, 0.717) is 12.1 Å². The third-order valence-corrected chi connectivity index (χ3v) is 2.95. The Hall–Kier alpha value is -2.52. The first-order chi connectivity index (χ1) is 10.4. The highest BCUT2D eigenvalue weighted by Crippen LogP contribution is 2.38. The molecule has 1 aromatic carbocycles. The number of aromatic amines is 1. The van der Waals surface area contributed by atoms with Gasteiger partial charge in [-0.2, -0.15) is 26.3 Å². The first-order valence-corrected chi connectivity index (χ1v) is 5.99. The molecule has 2 rings (SSSR count). The molecule has 0 aliphatic heterocycles. The van der Waals surface area contributed by atoms with Crippen LogP contribution in [-0.4, -0.2) is 21.0 Å². The molecule has 2 N–H and O–H groups in total. The maximum absolute atomic E-state index is 12.8. The topological polar surface area (TPSA) is 66.0 Å². The number of rotatable bonds is 2. The van der Waals surface area contributed by atoms with Crippen LogP contribution in [0, 0.1) is 6.92 Å². The molecule has 0 radical (unpaired) electrons. The number of carbonyl (C=O) groups is 1. The van der Waals surface area contributed by atoms with Gasteiger partial charge in [0.1, 0.15) is 5.82 Å². The number of nitrogens with one attached hydrogen (secondary N) is 1. The number of alkyl halides is 6. The molecule has 0 atom stereocenters. The molecule has 1 heterocycles. The summed E-state index contributed by atoms with van der Waals surface area (Å²) in [7, 11) is 0. The number of benzene rings is 1. The second-order valence-electron chi connectivity index (χ2n) is 4.66. The van der Waals surface area contributed by atoms with Crippen LogP contribution < -0.4 is 0 Å². The number of nitrogens with zero attached hydrogens (tertiary/aromatic N) is 1. The molecular weight excluding hydrogens is 330 g/mol. The fourth-order valence-electron chi connectivity index (χ4n) is 1.90. The Morgan fingerprint density at radius 2 is 1.52 bits per heavy atom. The number of aryl methyl sites for hydroxylation is 1. The van der Waals surface area contributed by atoms with Crippen molar-refractivity contribution >= 4 is 5.97 Å². The minimum absolute atomic E-state index is 0.0125. The van der Waals surface area contributed by atoms with Gasteiger partial charge < -0.3 is 10.1 Å². The van der Waals surface area contributed by atoms with Crippen molar-refractivity contribution in [1.82, 2.24) is 9.97 Å². The molecule has 2 aromatic rings. The molecule has 0 saturated carbocycles. The molecule has 0 aliphatic rings. The van der Waals surface area contributed by atoms with E-state index in [9.17, 15) is 31.1 Å². The zero-order valence-corrected chi connectivity index (χ0v) is 11.3. The van der Waals surface area contributed by atoms with Gasteiger partial charge >= 0.3 is 18.3 Å². The van der Waals surface area contributed by atoms with Gasteiger partial charge in [0.15, 0.2) is 5.69 Å². The van der Waals surface area contributed by atoms with Crippen LogP contribution in [0.15, 0.2) is 18.2 Å². The summed E-state index contributed by atoms with van der Waals surface area (Å²) in [6, 6.07) is 0.926. The van der Waals surface area contributed by atoms with Crippen molar-refractivity contribution in [2.45, 2.75) is 19.3 Å².